The topological polar surface area (TPSA) is 66.9 Å². The molecule has 0 spiro atoms. The summed E-state index contributed by atoms with van der Waals surface area (Å²) in [5, 5.41) is 7.98. The fraction of sp³-hybridized carbons (Fsp3) is 0.583. The van der Waals surface area contributed by atoms with Crippen LogP contribution in [0.3, 0.4) is 0 Å². The molecule has 2 aromatic rings. The lowest BCUT2D eigenvalue weighted by molar-refractivity contribution is 0.111. The lowest BCUT2D eigenvalue weighted by Crippen LogP contribution is -2.35. The molecule has 0 saturated carbocycles. The maximum atomic E-state index is 6.01. The molecule has 0 bridgehead atoms. The standard InChI is InChI=1S/C12H16ClN5O/c1-7-9-10(17-16-7)14-12(13)15-11(9)19-8-3-5-18(2)6-4-8/h8H,3-6H2,1-2H3,(H,14,15,16,17). The molecule has 0 unspecified atom stereocenters. The molecule has 3 rings (SSSR count). The number of nitrogens with zero attached hydrogens (tertiary/aromatic N) is 4. The second kappa shape index (κ2) is 4.94. The van der Waals surface area contributed by atoms with Crippen LogP contribution in [-0.4, -0.2) is 51.3 Å². The van der Waals surface area contributed by atoms with E-state index in [1.54, 1.807) is 0 Å². The van der Waals surface area contributed by atoms with Crippen molar-refractivity contribution in [1.29, 1.82) is 0 Å². The highest BCUT2D eigenvalue weighted by atomic mass is 35.5. The Balaban J connectivity index is 1.89. The van der Waals surface area contributed by atoms with E-state index in [0.717, 1.165) is 37.0 Å². The van der Waals surface area contributed by atoms with Crippen LogP contribution in [0.4, 0.5) is 0 Å². The summed E-state index contributed by atoms with van der Waals surface area (Å²) in [6, 6.07) is 0. The van der Waals surface area contributed by atoms with E-state index in [-0.39, 0.29) is 11.4 Å². The average molecular weight is 282 g/mol. The van der Waals surface area contributed by atoms with Gasteiger partial charge in [-0.2, -0.15) is 15.1 Å². The molecule has 1 fully saturated rings. The monoisotopic (exact) mass is 281 g/mol. The van der Waals surface area contributed by atoms with Crippen molar-refractivity contribution in [3.63, 3.8) is 0 Å². The van der Waals surface area contributed by atoms with Crippen LogP contribution in [0.2, 0.25) is 5.28 Å². The quantitative estimate of drug-likeness (QED) is 0.850. The zero-order valence-electron chi connectivity index (χ0n) is 11.0. The molecule has 1 N–H and O–H groups in total. The predicted octanol–water partition coefficient (Wildman–Crippen LogP) is 1.79. The van der Waals surface area contributed by atoms with Gasteiger partial charge in [0.05, 0.1) is 0 Å². The van der Waals surface area contributed by atoms with Crippen LogP contribution in [0.5, 0.6) is 5.88 Å². The molecular weight excluding hydrogens is 266 g/mol. The van der Waals surface area contributed by atoms with E-state index in [4.69, 9.17) is 16.3 Å². The van der Waals surface area contributed by atoms with Gasteiger partial charge >= 0.3 is 0 Å². The third-order valence-electron chi connectivity index (χ3n) is 3.48. The number of piperidine rings is 1. The maximum absolute atomic E-state index is 6.01. The van der Waals surface area contributed by atoms with Gasteiger partial charge in [-0.3, -0.25) is 5.10 Å². The Hall–Kier alpha value is -1.40. The zero-order chi connectivity index (χ0) is 13.4. The molecule has 1 saturated heterocycles. The Kier molecular flexibility index (Phi) is 3.28. The van der Waals surface area contributed by atoms with Gasteiger partial charge in [-0.15, -0.1) is 0 Å². The number of fused-ring (bicyclic) bond motifs is 1. The van der Waals surface area contributed by atoms with E-state index < -0.39 is 0 Å². The third-order valence-corrected chi connectivity index (χ3v) is 3.65. The second-order valence-corrected chi connectivity index (χ2v) is 5.30. The minimum Gasteiger partial charge on any atom is -0.474 e. The summed E-state index contributed by atoms with van der Waals surface area (Å²) in [7, 11) is 2.12. The van der Waals surface area contributed by atoms with Crippen LogP contribution in [0.25, 0.3) is 11.0 Å². The molecule has 0 amide bonds. The van der Waals surface area contributed by atoms with E-state index in [9.17, 15) is 0 Å². The van der Waals surface area contributed by atoms with Gasteiger partial charge in [-0.25, -0.2) is 0 Å². The number of aromatic nitrogens is 4. The first-order valence-corrected chi connectivity index (χ1v) is 6.74. The molecule has 19 heavy (non-hydrogen) atoms. The number of hydrogen-bond acceptors (Lipinski definition) is 5. The van der Waals surface area contributed by atoms with Gasteiger partial charge in [0.2, 0.25) is 11.2 Å². The summed E-state index contributed by atoms with van der Waals surface area (Å²) in [6.07, 6.45) is 2.17. The van der Waals surface area contributed by atoms with Gasteiger partial charge in [0.25, 0.3) is 0 Å². The molecule has 102 valence electrons. The van der Waals surface area contributed by atoms with Crippen LogP contribution < -0.4 is 4.74 Å². The largest absolute Gasteiger partial charge is 0.474 e. The van der Waals surface area contributed by atoms with E-state index in [0.29, 0.717) is 11.5 Å². The minimum absolute atomic E-state index is 0.168. The van der Waals surface area contributed by atoms with E-state index in [2.05, 4.69) is 32.1 Å². The number of ether oxygens (including phenoxy) is 1. The number of rotatable bonds is 2. The minimum atomic E-state index is 0.168. The Morgan fingerprint density at radius 2 is 2.05 bits per heavy atom. The summed E-state index contributed by atoms with van der Waals surface area (Å²) >= 11 is 5.91. The first kappa shape index (κ1) is 12.6. The van der Waals surface area contributed by atoms with Crippen LogP contribution in [0.1, 0.15) is 18.5 Å². The summed E-state index contributed by atoms with van der Waals surface area (Å²) in [4.78, 5) is 10.6. The summed E-state index contributed by atoms with van der Waals surface area (Å²) < 4.78 is 6.01. The molecule has 6 nitrogen and oxygen atoms in total. The average Bonchev–Trinajstić information content (AvgIpc) is 2.74. The highest BCUT2D eigenvalue weighted by Gasteiger charge is 2.21. The molecule has 2 aromatic heterocycles. The van der Waals surface area contributed by atoms with Gasteiger partial charge in [-0.05, 0) is 38.4 Å². The van der Waals surface area contributed by atoms with Crippen molar-refractivity contribution < 1.29 is 4.74 Å². The zero-order valence-corrected chi connectivity index (χ0v) is 11.7. The maximum Gasteiger partial charge on any atom is 0.229 e. The van der Waals surface area contributed by atoms with Gasteiger partial charge in [0.1, 0.15) is 11.5 Å². The normalized spacial score (nSPS) is 18.1. The number of H-pyrrole nitrogens is 1. The third kappa shape index (κ3) is 2.50. The number of likely N-dealkylation sites (tertiary alicyclic amines) is 1. The van der Waals surface area contributed by atoms with Gasteiger partial charge in [-0.1, -0.05) is 0 Å². The number of hydrogen-bond donors (Lipinski definition) is 1. The molecule has 0 atom stereocenters. The lowest BCUT2D eigenvalue weighted by Gasteiger charge is -2.29. The Bertz CT molecular complexity index is 591. The Morgan fingerprint density at radius 3 is 2.79 bits per heavy atom. The Labute approximate surface area is 116 Å². The molecule has 3 heterocycles. The molecule has 0 aliphatic carbocycles. The van der Waals surface area contributed by atoms with Crippen molar-refractivity contribution in [2.75, 3.05) is 20.1 Å². The van der Waals surface area contributed by atoms with Crippen LogP contribution in [-0.2, 0) is 0 Å². The number of halogens is 1. The highest BCUT2D eigenvalue weighted by molar-refractivity contribution is 6.28. The van der Waals surface area contributed by atoms with Crippen molar-refractivity contribution in [3.05, 3.63) is 11.0 Å². The molecule has 0 aromatic carbocycles. The number of nitrogens with one attached hydrogen (secondary N) is 1. The first-order chi connectivity index (χ1) is 9.13. The van der Waals surface area contributed by atoms with E-state index in [1.807, 2.05) is 6.92 Å². The van der Waals surface area contributed by atoms with Crippen molar-refractivity contribution in [2.45, 2.75) is 25.9 Å². The molecule has 7 heteroatoms. The van der Waals surface area contributed by atoms with Crippen molar-refractivity contribution in [3.8, 4) is 5.88 Å². The van der Waals surface area contributed by atoms with Crippen molar-refractivity contribution >= 4 is 22.6 Å². The molecule has 0 radical (unpaired) electrons. The van der Waals surface area contributed by atoms with Gasteiger partial charge < -0.3 is 9.64 Å². The Morgan fingerprint density at radius 1 is 1.32 bits per heavy atom. The van der Waals surface area contributed by atoms with Gasteiger partial charge in [0.15, 0.2) is 5.65 Å². The SMILES string of the molecule is Cc1[nH]nc2nc(Cl)nc(OC3CCN(C)CC3)c12. The smallest absolute Gasteiger partial charge is 0.229 e. The number of aromatic amines is 1. The first-order valence-electron chi connectivity index (χ1n) is 6.37. The molecule has 1 aliphatic rings. The van der Waals surface area contributed by atoms with Crippen LogP contribution >= 0.6 is 11.6 Å². The molecular formula is C12H16ClN5O. The summed E-state index contributed by atoms with van der Waals surface area (Å²) in [5.41, 5.74) is 1.45. The lowest BCUT2D eigenvalue weighted by atomic mass is 10.1. The fourth-order valence-electron chi connectivity index (χ4n) is 2.35. The predicted molar refractivity (Wildman–Crippen MR) is 72.6 cm³/mol. The summed E-state index contributed by atoms with van der Waals surface area (Å²) in [5.74, 6) is 0.538. The number of aryl methyl sites for hydroxylation is 1. The van der Waals surface area contributed by atoms with Crippen molar-refractivity contribution in [1.82, 2.24) is 25.1 Å². The summed E-state index contributed by atoms with van der Waals surface area (Å²) in [6.45, 7) is 4.00. The molecule has 1 aliphatic heterocycles. The van der Waals surface area contributed by atoms with E-state index in [1.165, 1.54) is 0 Å². The second-order valence-electron chi connectivity index (χ2n) is 4.97. The van der Waals surface area contributed by atoms with E-state index >= 15 is 0 Å². The highest BCUT2D eigenvalue weighted by Crippen LogP contribution is 2.27. The fourth-order valence-corrected chi connectivity index (χ4v) is 2.51. The van der Waals surface area contributed by atoms with Crippen LogP contribution in [0, 0.1) is 6.92 Å². The van der Waals surface area contributed by atoms with Gasteiger partial charge in [0, 0.05) is 18.8 Å². The van der Waals surface area contributed by atoms with Crippen molar-refractivity contribution in [2.24, 2.45) is 0 Å². The van der Waals surface area contributed by atoms with Crippen LogP contribution in [0.15, 0.2) is 0 Å².